The first-order valence-electron chi connectivity index (χ1n) is 5.55. The third-order valence-corrected chi connectivity index (χ3v) is 3.57. The SMILES string of the molecule is CC(NC1(C)CCN(C)C1)C1CC1. The largest absolute Gasteiger partial charge is 0.307 e. The van der Waals surface area contributed by atoms with Gasteiger partial charge in [0.2, 0.25) is 0 Å². The van der Waals surface area contributed by atoms with E-state index in [4.69, 9.17) is 0 Å². The Balaban J connectivity index is 1.85. The van der Waals surface area contributed by atoms with Gasteiger partial charge in [-0.15, -0.1) is 0 Å². The summed E-state index contributed by atoms with van der Waals surface area (Å²) in [6.07, 6.45) is 4.20. The van der Waals surface area contributed by atoms with Crippen LogP contribution in [-0.4, -0.2) is 36.6 Å². The molecule has 1 aliphatic carbocycles. The molecule has 0 spiro atoms. The lowest BCUT2D eigenvalue weighted by atomic mass is 9.99. The minimum Gasteiger partial charge on any atom is -0.307 e. The molecule has 1 heterocycles. The second kappa shape index (κ2) is 3.25. The fourth-order valence-corrected chi connectivity index (χ4v) is 2.57. The molecular formula is C11H22N2. The first-order chi connectivity index (χ1) is 6.09. The van der Waals surface area contributed by atoms with E-state index < -0.39 is 0 Å². The second-order valence-corrected chi connectivity index (χ2v) is 5.32. The van der Waals surface area contributed by atoms with Gasteiger partial charge in [0.25, 0.3) is 0 Å². The summed E-state index contributed by atoms with van der Waals surface area (Å²) in [5.41, 5.74) is 0.386. The van der Waals surface area contributed by atoms with E-state index in [1.807, 2.05) is 0 Å². The molecule has 0 bridgehead atoms. The van der Waals surface area contributed by atoms with Crippen molar-refractivity contribution in [3.8, 4) is 0 Å². The minimum atomic E-state index is 0.386. The maximum Gasteiger partial charge on any atom is 0.0294 e. The number of nitrogens with one attached hydrogen (secondary N) is 1. The molecule has 2 atom stereocenters. The average Bonchev–Trinajstić information content (AvgIpc) is 2.79. The molecule has 0 amide bonds. The molecular weight excluding hydrogens is 160 g/mol. The Morgan fingerprint density at radius 3 is 2.62 bits per heavy atom. The fourth-order valence-electron chi connectivity index (χ4n) is 2.57. The predicted molar refractivity (Wildman–Crippen MR) is 55.8 cm³/mol. The van der Waals surface area contributed by atoms with Crippen LogP contribution in [0.4, 0.5) is 0 Å². The van der Waals surface area contributed by atoms with Crippen molar-refractivity contribution in [2.75, 3.05) is 20.1 Å². The molecule has 0 aromatic carbocycles. The van der Waals surface area contributed by atoms with Gasteiger partial charge < -0.3 is 10.2 Å². The summed E-state index contributed by atoms with van der Waals surface area (Å²) in [4.78, 5) is 2.42. The van der Waals surface area contributed by atoms with Gasteiger partial charge in [0.05, 0.1) is 0 Å². The lowest BCUT2D eigenvalue weighted by molar-refractivity contribution is 0.294. The van der Waals surface area contributed by atoms with E-state index in [-0.39, 0.29) is 0 Å². The van der Waals surface area contributed by atoms with Crippen molar-refractivity contribution >= 4 is 0 Å². The summed E-state index contributed by atoms with van der Waals surface area (Å²) in [7, 11) is 2.22. The Labute approximate surface area is 81.7 Å². The van der Waals surface area contributed by atoms with E-state index in [0.29, 0.717) is 5.54 Å². The molecule has 1 saturated carbocycles. The summed E-state index contributed by atoms with van der Waals surface area (Å²) in [6, 6.07) is 0.733. The zero-order valence-electron chi connectivity index (χ0n) is 9.14. The molecule has 76 valence electrons. The maximum atomic E-state index is 3.81. The minimum absolute atomic E-state index is 0.386. The standard InChI is InChI=1S/C11H22N2/c1-9(10-4-5-10)12-11(2)6-7-13(3)8-11/h9-10,12H,4-8H2,1-3H3. The first kappa shape index (κ1) is 9.47. The van der Waals surface area contributed by atoms with Crippen LogP contribution in [0.25, 0.3) is 0 Å². The van der Waals surface area contributed by atoms with E-state index in [1.165, 1.54) is 32.4 Å². The normalized spacial score (nSPS) is 38.1. The van der Waals surface area contributed by atoms with Crippen molar-refractivity contribution in [3.05, 3.63) is 0 Å². The monoisotopic (exact) mass is 182 g/mol. The van der Waals surface area contributed by atoms with E-state index in [1.54, 1.807) is 0 Å². The van der Waals surface area contributed by atoms with Gasteiger partial charge in [0.1, 0.15) is 0 Å². The van der Waals surface area contributed by atoms with Gasteiger partial charge in [-0.3, -0.25) is 0 Å². The maximum absolute atomic E-state index is 3.81. The first-order valence-corrected chi connectivity index (χ1v) is 5.55. The Hall–Kier alpha value is -0.0800. The van der Waals surface area contributed by atoms with Crippen molar-refractivity contribution in [2.24, 2.45) is 5.92 Å². The molecule has 0 aromatic rings. The smallest absolute Gasteiger partial charge is 0.0294 e. The zero-order chi connectivity index (χ0) is 9.47. The Morgan fingerprint density at radius 2 is 2.15 bits per heavy atom. The van der Waals surface area contributed by atoms with Crippen molar-refractivity contribution in [2.45, 2.75) is 44.7 Å². The Morgan fingerprint density at radius 1 is 1.46 bits per heavy atom. The molecule has 2 rings (SSSR count). The van der Waals surface area contributed by atoms with E-state index in [0.717, 1.165) is 12.0 Å². The third-order valence-electron chi connectivity index (χ3n) is 3.57. The van der Waals surface area contributed by atoms with Crippen molar-refractivity contribution < 1.29 is 0 Å². The van der Waals surface area contributed by atoms with E-state index in [9.17, 15) is 0 Å². The van der Waals surface area contributed by atoms with Crippen molar-refractivity contribution in [1.82, 2.24) is 10.2 Å². The summed E-state index contributed by atoms with van der Waals surface area (Å²) in [5.74, 6) is 0.975. The topological polar surface area (TPSA) is 15.3 Å². The van der Waals surface area contributed by atoms with Gasteiger partial charge in [0, 0.05) is 18.1 Å². The predicted octanol–water partition coefficient (Wildman–Crippen LogP) is 1.47. The molecule has 2 nitrogen and oxygen atoms in total. The van der Waals surface area contributed by atoms with Gasteiger partial charge >= 0.3 is 0 Å². The van der Waals surface area contributed by atoms with Crippen LogP contribution in [0.2, 0.25) is 0 Å². The molecule has 1 saturated heterocycles. The highest BCUT2D eigenvalue weighted by molar-refractivity contribution is 4.96. The highest BCUT2D eigenvalue weighted by atomic mass is 15.2. The summed E-state index contributed by atoms with van der Waals surface area (Å²) >= 11 is 0. The Kier molecular flexibility index (Phi) is 2.37. The van der Waals surface area contributed by atoms with Gasteiger partial charge in [0.15, 0.2) is 0 Å². The van der Waals surface area contributed by atoms with E-state index >= 15 is 0 Å². The van der Waals surface area contributed by atoms with Gasteiger partial charge in [-0.2, -0.15) is 0 Å². The average molecular weight is 182 g/mol. The quantitative estimate of drug-likeness (QED) is 0.711. The molecule has 2 aliphatic rings. The van der Waals surface area contributed by atoms with Crippen molar-refractivity contribution in [3.63, 3.8) is 0 Å². The van der Waals surface area contributed by atoms with Crippen LogP contribution in [0.1, 0.15) is 33.1 Å². The number of rotatable bonds is 3. The second-order valence-electron chi connectivity index (χ2n) is 5.32. The molecule has 0 aromatic heterocycles. The lowest BCUT2D eigenvalue weighted by Crippen LogP contribution is -2.49. The molecule has 2 heteroatoms. The molecule has 1 N–H and O–H groups in total. The zero-order valence-corrected chi connectivity index (χ0v) is 9.14. The fraction of sp³-hybridized carbons (Fsp3) is 1.00. The van der Waals surface area contributed by atoms with Crippen LogP contribution in [0.15, 0.2) is 0 Å². The highest BCUT2D eigenvalue weighted by Gasteiger charge is 2.36. The van der Waals surface area contributed by atoms with Crippen LogP contribution in [0, 0.1) is 5.92 Å². The Bertz CT molecular complexity index is 189. The summed E-state index contributed by atoms with van der Waals surface area (Å²) in [6.45, 7) is 7.18. The van der Waals surface area contributed by atoms with Crippen molar-refractivity contribution in [1.29, 1.82) is 0 Å². The van der Waals surface area contributed by atoms with Crippen LogP contribution in [0.5, 0.6) is 0 Å². The highest BCUT2D eigenvalue weighted by Crippen LogP contribution is 2.34. The number of nitrogens with zero attached hydrogens (tertiary/aromatic N) is 1. The van der Waals surface area contributed by atoms with Gasteiger partial charge in [-0.25, -0.2) is 0 Å². The van der Waals surface area contributed by atoms with E-state index in [2.05, 4.69) is 31.1 Å². The third kappa shape index (κ3) is 2.23. The lowest BCUT2D eigenvalue weighted by Gasteiger charge is -2.29. The van der Waals surface area contributed by atoms with Crippen LogP contribution in [-0.2, 0) is 0 Å². The number of hydrogen-bond acceptors (Lipinski definition) is 2. The number of likely N-dealkylation sites (N-methyl/N-ethyl adjacent to an activating group) is 1. The summed E-state index contributed by atoms with van der Waals surface area (Å²) in [5, 5.41) is 3.81. The molecule has 0 radical (unpaired) electrons. The summed E-state index contributed by atoms with van der Waals surface area (Å²) < 4.78 is 0. The van der Waals surface area contributed by atoms with Crippen LogP contribution in [0.3, 0.4) is 0 Å². The van der Waals surface area contributed by atoms with Gasteiger partial charge in [-0.1, -0.05) is 0 Å². The van der Waals surface area contributed by atoms with Gasteiger partial charge in [-0.05, 0) is 52.6 Å². The van der Waals surface area contributed by atoms with Crippen LogP contribution >= 0.6 is 0 Å². The number of hydrogen-bond donors (Lipinski definition) is 1. The molecule has 2 unspecified atom stereocenters. The van der Waals surface area contributed by atoms with Crippen LogP contribution < -0.4 is 5.32 Å². The molecule has 1 aliphatic heterocycles. The molecule has 13 heavy (non-hydrogen) atoms. The number of likely N-dealkylation sites (tertiary alicyclic amines) is 1. The molecule has 2 fully saturated rings.